The summed E-state index contributed by atoms with van der Waals surface area (Å²) in [6.45, 7) is 3.57. The lowest BCUT2D eigenvalue weighted by molar-refractivity contribution is -0.350. The molecule has 0 aromatic carbocycles. The van der Waals surface area contributed by atoms with Crippen LogP contribution in [0.1, 0.15) is 0 Å². The Hall–Kier alpha value is -2.09. The summed E-state index contributed by atoms with van der Waals surface area (Å²) in [5.41, 5.74) is 4.35. The van der Waals surface area contributed by atoms with E-state index in [-0.39, 0.29) is 28.9 Å². The lowest BCUT2D eigenvalue weighted by Gasteiger charge is -2.06. The minimum absolute atomic E-state index is 0.0647. The number of methoxy groups -OCH3 is 1. The second kappa shape index (κ2) is 5.12. The third-order valence-electron chi connectivity index (χ3n) is 1.68. The largest absolute Gasteiger partial charge is 0.618 e. The Kier molecular flexibility index (Phi) is 3.84. The summed E-state index contributed by atoms with van der Waals surface area (Å²) >= 11 is 0. The van der Waals surface area contributed by atoms with Crippen LogP contribution in [0, 0.1) is 5.21 Å². The molecule has 3 N–H and O–H groups in total. The summed E-state index contributed by atoms with van der Waals surface area (Å²) in [6.07, 6.45) is 0. The van der Waals surface area contributed by atoms with Crippen LogP contribution in [-0.2, 0) is 4.74 Å². The normalized spacial score (nSPS) is 10.1. The van der Waals surface area contributed by atoms with Gasteiger partial charge in [-0.1, -0.05) is 0 Å². The first kappa shape index (κ1) is 12.0. The summed E-state index contributed by atoms with van der Waals surface area (Å²) in [4.78, 5) is 17.3. The average molecular weight is 228 g/mol. The van der Waals surface area contributed by atoms with Crippen LogP contribution in [0.2, 0.25) is 0 Å². The molecule has 0 aliphatic heterocycles. The molecule has 0 saturated carbocycles. The van der Waals surface area contributed by atoms with Gasteiger partial charge in [-0.25, -0.2) is 0 Å². The molecule has 0 fully saturated rings. The first-order valence-electron chi connectivity index (χ1n) is 4.35. The van der Waals surface area contributed by atoms with Crippen molar-refractivity contribution < 1.29 is 14.2 Å². The van der Waals surface area contributed by atoms with E-state index in [1.54, 1.807) is 0 Å². The van der Waals surface area contributed by atoms with Crippen molar-refractivity contribution in [3.05, 3.63) is 15.6 Å². The predicted octanol–water partition coefficient (Wildman–Crippen LogP) is -0.780. The Labute approximate surface area is 90.9 Å². The number of aromatic amines is 1. The number of rotatable bonds is 5. The molecule has 0 bridgehead atoms. The van der Waals surface area contributed by atoms with Crippen molar-refractivity contribution in [3.63, 3.8) is 0 Å². The van der Waals surface area contributed by atoms with Crippen LogP contribution in [0.5, 0.6) is 6.01 Å². The fourth-order valence-electron chi connectivity index (χ4n) is 0.994. The molecule has 1 rings (SSSR count). The SMILES string of the molecule is C=[N+]([O-])c1c(N)nc(OCCOC)[nH]c1=O. The number of nitrogens with zero attached hydrogens (tertiary/aromatic N) is 2. The molecular formula is C8H12N4O4. The molecule has 0 radical (unpaired) electrons. The van der Waals surface area contributed by atoms with Gasteiger partial charge in [0, 0.05) is 7.11 Å². The number of aromatic nitrogens is 2. The topological polar surface area (TPSA) is 116 Å². The Balaban J connectivity index is 2.92. The van der Waals surface area contributed by atoms with Crippen molar-refractivity contribution in [2.75, 3.05) is 26.1 Å². The van der Waals surface area contributed by atoms with Gasteiger partial charge in [0.25, 0.3) is 6.01 Å². The maximum atomic E-state index is 11.4. The zero-order chi connectivity index (χ0) is 12.1. The van der Waals surface area contributed by atoms with E-state index in [1.165, 1.54) is 7.11 Å². The van der Waals surface area contributed by atoms with Crippen molar-refractivity contribution in [3.8, 4) is 6.01 Å². The van der Waals surface area contributed by atoms with Crippen LogP contribution in [0.15, 0.2) is 4.79 Å². The maximum absolute atomic E-state index is 11.4. The van der Waals surface area contributed by atoms with Crippen LogP contribution < -0.4 is 16.0 Å². The molecule has 8 heteroatoms. The first-order valence-corrected chi connectivity index (χ1v) is 4.35. The van der Waals surface area contributed by atoms with Crippen molar-refractivity contribution in [1.29, 1.82) is 0 Å². The maximum Gasteiger partial charge on any atom is 0.329 e. The van der Waals surface area contributed by atoms with E-state index in [0.29, 0.717) is 6.61 Å². The number of hydrogen-bond acceptors (Lipinski definition) is 6. The number of nitrogen functional groups attached to an aromatic ring is 1. The molecule has 0 aliphatic carbocycles. The summed E-state index contributed by atoms with van der Waals surface area (Å²) in [6, 6.07) is -0.0647. The molecule has 1 aromatic heterocycles. The molecule has 88 valence electrons. The minimum Gasteiger partial charge on any atom is -0.618 e. The molecule has 1 aromatic rings. The lowest BCUT2D eigenvalue weighted by atomic mass is 10.5. The zero-order valence-corrected chi connectivity index (χ0v) is 8.73. The van der Waals surface area contributed by atoms with Gasteiger partial charge in [0.2, 0.25) is 5.82 Å². The van der Waals surface area contributed by atoms with Crippen LogP contribution in [0.4, 0.5) is 11.5 Å². The van der Waals surface area contributed by atoms with E-state index in [0.717, 1.165) is 0 Å². The Morgan fingerprint density at radius 3 is 2.81 bits per heavy atom. The van der Waals surface area contributed by atoms with Crippen molar-refractivity contribution >= 4 is 18.2 Å². The number of hydrogen-bond donors (Lipinski definition) is 2. The summed E-state index contributed by atoms with van der Waals surface area (Å²) in [5.74, 6) is -0.235. The quantitative estimate of drug-likeness (QED) is 0.224. The van der Waals surface area contributed by atoms with E-state index >= 15 is 0 Å². The smallest absolute Gasteiger partial charge is 0.329 e. The standard InChI is InChI=1S/C8H12N4O4/c1-12(14)5-6(9)10-8(11-7(5)13)16-4-3-15-2/h1,3-4H2,2H3,(H3,9,10,11,13). The van der Waals surface area contributed by atoms with E-state index in [1.807, 2.05) is 0 Å². The van der Waals surface area contributed by atoms with Gasteiger partial charge in [0.1, 0.15) is 13.3 Å². The minimum atomic E-state index is -0.704. The molecule has 1 heterocycles. The van der Waals surface area contributed by atoms with Gasteiger partial charge in [0.15, 0.2) is 0 Å². The van der Waals surface area contributed by atoms with Gasteiger partial charge in [-0.3, -0.25) is 9.78 Å². The van der Waals surface area contributed by atoms with Crippen LogP contribution in [0.3, 0.4) is 0 Å². The highest BCUT2D eigenvalue weighted by Crippen LogP contribution is 2.13. The number of ether oxygens (including phenoxy) is 2. The number of nitrogens with one attached hydrogen (secondary N) is 1. The zero-order valence-electron chi connectivity index (χ0n) is 8.73. The van der Waals surface area contributed by atoms with E-state index in [9.17, 15) is 10.0 Å². The van der Waals surface area contributed by atoms with Crippen molar-refractivity contribution in [2.24, 2.45) is 0 Å². The Bertz CT molecular complexity index is 442. The monoisotopic (exact) mass is 228 g/mol. The van der Waals surface area contributed by atoms with Crippen LogP contribution >= 0.6 is 0 Å². The van der Waals surface area contributed by atoms with Crippen LogP contribution in [-0.4, -0.2) is 41.7 Å². The molecule has 0 atom stereocenters. The highest BCUT2D eigenvalue weighted by Gasteiger charge is 2.15. The Morgan fingerprint density at radius 1 is 1.62 bits per heavy atom. The highest BCUT2D eigenvalue weighted by atomic mass is 16.5. The number of H-pyrrole nitrogens is 1. The fraction of sp³-hybridized carbons (Fsp3) is 0.375. The summed E-state index contributed by atoms with van der Waals surface area (Å²) < 4.78 is 9.87. The predicted molar refractivity (Wildman–Crippen MR) is 57.0 cm³/mol. The van der Waals surface area contributed by atoms with Gasteiger partial charge in [0.05, 0.1) is 6.61 Å². The molecule has 0 aliphatic rings. The molecule has 0 spiro atoms. The second-order valence-corrected chi connectivity index (χ2v) is 2.82. The molecule has 8 nitrogen and oxygen atoms in total. The Morgan fingerprint density at radius 2 is 2.31 bits per heavy atom. The molecule has 0 unspecified atom stereocenters. The second-order valence-electron chi connectivity index (χ2n) is 2.82. The van der Waals surface area contributed by atoms with E-state index < -0.39 is 5.56 Å². The average Bonchev–Trinajstić information content (AvgIpc) is 2.16. The molecule has 16 heavy (non-hydrogen) atoms. The van der Waals surface area contributed by atoms with E-state index in [4.69, 9.17) is 15.2 Å². The van der Waals surface area contributed by atoms with Crippen molar-refractivity contribution in [2.45, 2.75) is 0 Å². The summed E-state index contributed by atoms with van der Waals surface area (Å²) in [7, 11) is 1.51. The third kappa shape index (κ3) is 2.70. The van der Waals surface area contributed by atoms with Gasteiger partial charge in [-0.05, 0) is 0 Å². The highest BCUT2D eigenvalue weighted by molar-refractivity contribution is 5.52. The first-order chi connectivity index (χ1) is 7.56. The fourth-order valence-corrected chi connectivity index (χ4v) is 0.994. The molecule has 0 amide bonds. The third-order valence-corrected chi connectivity index (χ3v) is 1.68. The number of nitrogens with two attached hydrogens (primary N) is 1. The van der Waals surface area contributed by atoms with Gasteiger partial charge in [-0.2, -0.15) is 9.72 Å². The number of anilines is 1. The van der Waals surface area contributed by atoms with Gasteiger partial charge >= 0.3 is 11.2 Å². The van der Waals surface area contributed by atoms with Gasteiger partial charge < -0.3 is 20.4 Å². The van der Waals surface area contributed by atoms with Crippen LogP contribution in [0.25, 0.3) is 0 Å². The molecule has 0 saturated heterocycles. The summed E-state index contributed by atoms with van der Waals surface area (Å²) in [5, 5.41) is 10.9. The van der Waals surface area contributed by atoms with Gasteiger partial charge in [-0.15, -0.1) is 0 Å². The van der Waals surface area contributed by atoms with E-state index in [2.05, 4.69) is 16.7 Å². The molecular weight excluding hydrogens is 216 g/mol. The van der Waals surface area contributed by atoms with Crippen molar-refractivity contribution in [1.82, 2.24) is 9.97 Å². The lowest BCUT2D eigenvalue weighted by Crippen LogP contribution is -2.18.